The van der Waals surface area contributed by atoms with Gasteiger partial charge < -0.3 is 15.0 Å². The van der Waals surface area contributed by atoms with Crippen LogP contribution < -0.4 is 10.5 Å². The number of nitrogens with zero attached hydrogens (tertiary/aromatic N) is 3. The van der Waals surface area contributed by atoms with E-state index in [1.165, 1.54) is 12.3 Å². The standard InChI is InChI=1S/C13H13F3N4O2/c14-13(15,16)7-21-9-8(3-1-6-18-9)10-19-11(20-22-10)12(17)4-2-5-12/h1,3,6H,2,4-5,7,17H2. The van der Waals surface area contributed by atoms with E-state index in [4.69, 9.17) is 15.0 Å². The average molecular weight is 314 g/mol. The minimum Gasteiger partial charge on any atom is -0.467 e. The van der Waals surface area contributed by atoms with Crippen LogP contribution >= 0.6 is 0 Å². The van der Waals surface area contributed by atoms with Gasteiger partial charge in [-0.05, 0) is 31.4 Å². The molecule has 2 aromatic rings. The maximum atomic E-state index is 12.3. The smallest absolute Gasteiger partial charge is 0.422 e. The molecule has 0 radical (unpaired) electrons. The fourth-order valence-electron chi connectivity index (χ4n) is 2.14. The van der Waals surface area contributed by atoms with Gasteiger partial charge in [-0.3, -0.25) is 0 Å². The molecule has 0 unspecified atom stereocenters. The zero-order chi connectivity index (χ0) is 15.8. The third kappa shape index (κ3) is 2.89. The Morgan fingerprint density at radius 3 is 2.77 bits per heavy atom. The highest BCUT2D eigenvalue weighted by molar-refractivity contribution is 5.59. The maximum absolute atomic E-state index is 12.3. The molecular formula is C13H13F3N4O2. The summed E-state index contributed by atoms with van der Waals surface area (Å²) in [6.07, 6.45) is -0.662. The number of rotatable bonds is 4. The third-order valence-electron chi connectivity index (χ3n) is 3.49. The summed E-state index contributed by atoms with van der Waals surface area (Å²) in [7, 11) is 0. The van der Waals surface area contributed by atoms with E-state index < -0.39 is 18.3 Å². The predicted octanol–water partition coefficient (Wildman–Crippen LogP) is 2.41. The molecule has 118 valence electrons. The lowest BCUT2D eigenvalue weighted by Gasteiger charge is -2.34. The zero-order valence-corrected chi connectivity index (χ0v) is 11.4. The molecule has 0 aromatic carbocycles. The second-order valence-electron chi connectivity index (χ2n) is 5.19. The van der Waals surface area contributed by atoms with Gasteiger partial charge in [-0.15, -0.1) is 0 Å². The van der Waals surface area contributed by atoms with Crippen LogP contribution in [0.2, 0.25) is 0 Å². The van der Waals surface area contributed by atoms with E-state index in [0.29, 0.717) is 5.82 Å². The molecule has 2 heterocycles. The van der Waals surface area contributed by atoms with Crippen molar-refractivity contribution in [2.24, 2.45) is 5.73 Å². The van der Waals surface area contributed by atoms with Crippen molar-refractivity contribution in [1.29, 1.82) is 0 Å². The molecule has 1 fully saturated rings. The Kier molecular flexibility index (Phi) is 3.51. The van der Waals surface area contributed by atoms with Crippen LogP contribution in [0, 0.1) is 0 Å². The first kappa shape index (κ1) is 14.8. The first-order chi connectivity index (χ1) is 10.4. The first-order valence-electron chi connectivity index (χ1n) is 6.65. The summed E-state index contributed by atoms with van der Waals surface area (Å²) in [4.78, 5) is 7.96. The van der Waals surface area contributed by atoms with E-state index in [1.807, 2.05) is 0 Å². The Labute approximate surface area is 123 Å². The Morgan fingerprint density at radius 1 is 1.36 bits per heavy atom. The van der Waals surface area contributed by atoms with Crippen LogP contribution in [-0.2, 0) is 5.54 Å². The summed E-state index contributed by atoms with van der Waals surface area (Å²) in [5, 5.41) is 3.82. The van der Waals surface area contributed by atoms with Gasteiger partial charge in [-0.2, -0.15) is 18.2 Å². The molecule has 3 rings (SSSR count). The number of nitrogens with two attached hydrogens (primary N) is 1. The number of alkyl halides is 3. The van der Waals surface area contributed by atoms with Crippen molar-refractivity contribution in [3.8, 4) is 17.3 Å². The van der Waals surface area contributed by atoms with Crippen LogP contribution in [-0.4, -0.2) is 27.9 Å². The molecule has 6 nitrogen and oxygen atoms in total. The van der Waals surface area contributed by atoms with Crippen LogP contribution in [0.1, 0.15) is 25.1 Å². The first-order valence-corrected chi connectivity index (χ1v) is 6.65. The molecule has 0 aliphatic heterocycles. The molecule has 0 saturated heterocycles. The molecule has 2 aromatic heterocycles. The summed E-state index contributed by atoms with van der Waals surface area (Å²) < 4.78 is 46.6. The second kappa shape index (κ2) is 5.24. The summed E-state index contributed by atoms with van der Waals surface area (Å²) in [5.41, 5.74) is 5.68. The largest absolute Gasteiger partial charge is 0.467 e. The molecule has 0 atom stereocenters. The van der Waals surface area contributed by atoms with E-state index >= 15 is 0 Å². The summed E-state index contributed by atoms with van der Waals surface area (Å²) >= 11 is 0. The van der Waals surface area contributed by atoms with Gasteiger partial charge in [0.25, 0.3) is 5.89 Å². The molecule has 1 aliphatic carbocycles. The Bertz CT molecular complexity index is 667. The van der Waals surface area contributed by atoms with Crippen molar-refractivity contribution in [1.82, 2.24) is 15.1 Å². The van der Waals surface area contributed by atoms with E-state index in [-0.39, 0.29) is 17.3 Å². The van der Waals surface area contributed by atoms with Crippen LogP contribution in [0.15, 0.2) is 22.9 Å². The van der Waals surface area contributed by atoms with Gasteiger partial charge in [0.05, 0.1) is 5.54 Å². The lowest BCUT2D eigenvalue weighted by molar-refractivity contribution is -0.154. The fraction of sp³-hybridized carbons (Fsp3) is 0.462. The zero-order valence-electron chi connectivity index (χ0n) is 11.4. The monoisotopic (exact) mass is 314 g/mol. The lowest BCUT2D eigenvalue weighted by atomic mass is 9.77. The Hall–Kier alpha value is -2.16. The molecule has 0 spiro atoms. The van der Waals surface area contributed by atoms with Crippen molar-refractivity contribution < 1.29 is 22.4 Å². The van der Waals surface area contributed by atoms with Gasteiger partial charge in [-0.25, -0.2) is 4.98 Å². The molecule has 0 amide bonds. The molecule has 2 N–H and O–H groups in total. The third-order valence-corrected chi connectivity index (χ3v) is 3.49. The SMILES string of the molecule is NC1(c2noc(-c3cccnc3OCC(F)(F)F)n2)CCC1. The summed E-state index contributed by atoms with van der Waals surface area (Å²) in [6.45, 7) is -1.45. The predicted molar refractivity (Wildman–Crippen MR) is 68.8 cm³/mol. The van der Waals surface area contributed by atoms with E-state index in [2.05, 4.69) is 15.1 Å². The second-order valence-corrected chi connectivity index (χ2v) is 5.19. The van der Waals surface area contributed by atoms with E-state index in [0.717, 1.165) is 19.3 Å². The highest BCUT2D eigenvalue weighted by Gasteiger charge is 2.39. The van der Waals surface area contributed by atoms with E-state index in [1.54, 1.807) is 6.07 Å². The van der Waals surface area contributed by atoms with Gasteiger partial charge in [0.2, 0.25) is 5.88 Å². The Balaban J connectivity index is 1.85. The van der Waals surface area contributed by atoms with Crippen LogP contribution in [0.5, 0.6) is 5.88 Å². The van der Waals surface area contributed by atoms with Gasteiger partial charge >= 0.3 is 6.18 Å². The van der Waals surface area contributed by atoms with Crippen LogP contribution in [0.4, 0.5) is 13.2 Å². The topological polar surface area (TPSA) is 87.1 Å². The number of halogens is 3. The van der Waals surface area contributed by atoms with Crippen LogP contribution in [0.25, 0.3) is 11.5 Å². The average Bonchev–Trinajstić information content (AvgIpc) is 2.92. The molecule has 1 saturated carbocycles. The van der Waals surface area contributed by atoms with Gasteiger partial charge in [-0.1, -0.05) is 5.16 Å². The number of pyridine rings is 1. The highest BCUT2D eigenvalue weighted by Crippen LogP contribution is 2.38. The van der Waals surface area contributed by atoms with Crippen molar-refractivity contribution in [2.75, 3.05) is 6.61 Å². The Morgan fingerprint density at radius 2 is 2.14 bits per heavy atom. The summed E-state index contributed by atoms with van der Waals surface area (Å²) in [5.74, 6) is 0.172. The molecule has 22 heavy (non-hydrogen) atoms. The van der Waals surface area contributed by atoms with Crippen molar-refractivity contribution in [2.45, 2.75) is 31.0 Å². The summed E-state index contributed by atoms with van der Waals surface area (Å²) in [6, 6.07) is 3.04. The number of hydrogen-bond donors (Lipinski definition) is 1. The van der Waals surface area contributed by atoms with Gasteiger partial charge in [0, 0.05) is 6.20 Å². The normalized spacial score (nSPS) is 17.1. The van der Waals surface area contributed by atoms with Crippen molar-refractivity contribution in [3.63, 3.8) is 0 Å². The molecule has 9 heteroatoms. The lowest BCUT2D eigenvalue weighted by Crippen LogP contribution is -2.44. The van der Waals surface area contributed by atoms with E-state index in [9.17, 15) is 13.2 Å². The quantitative estimate of drug-likeness (QED) is 0.932. The molecule has 0 bridgehead atoms. The fourth-order valence-corrected chi connectivity index (χ4v) is 2.14. The number of aromatic nitrogens is 3. The minimum atomic E-state index is -4.46. The van der Waals surface area contributed by atoms with Gasteiger partial charge in [0.15, 0.2) is 12.4 Å². The minimum absolute atomic E-state index is 0.0389. The van der Waals surface area contributed by atoms with Gasteiger partial charge in [0.1, 0.15) is 5.56 Å². The number of hydrogen-bond acceptors (Lipinski definition) is 6. The van der Waals surface area contributed by atoms with Crippen LogP contribution in [0.3, 0.4) is 0 Å². The maximum Gasteiger partial charge on any atom is 0.422 e. The number of ether oxygens (including phenoxy) is 1. The molecular weight excluding hydrogens is 301 g/mol. The molecule has 1 aliphatic rings. The highest BCUT2D eigenvalue weighted by atomic mass is 19.4. The van der Waals surface area contributed by atoms with Crippen molar-refractivity contribution in [3.05, 3.63) is 24.2 Å². The van der Waals surface area contributed by atoms with Crippen molar-refractivity contribution >= 4 is 0 Å².